The summed E-state index contributed by atoms with van der Waals surface area (Å²) in [5, 5.41) is 0. The lowest BCUT2D eigenvalue weighted by Gasteiger charge is -2.31. The Bertz CT molecular complexity index is 808. The van der Waals surface area contributed by atoms with E-state index in [1.54, 1.807) is 12.0 Å². The van der Waals surface area contributed by atoms with Gasteiger partial charge in [0.1, 0.15) is 29.6 Å². The van der Waals surface area contributed by atoms with Gasteiger partial charge in [-0.2, -0.15) is 0 Å². The minimum Gasteiger partial charge on any atom is -0.497 e. The van der Waals surface area contributed by atoms with Crippen LogP contribution in [0.25, 0.3) is 11.3 Å². The number of benzene rings is 1. The number of aromatic amines is 1. The summed E-state index contributed by atoms with van der Waals surface area (Å²) in [5.41, 5.74) is 7.17. The van der Waals surface area contributed by atoms with E-state index in [0.717, 1.165) is 30.0 Å². The van der Waals surface area contributed by atoms with Crippen LogP contribution in [0.15, 0.2) is 24.3 Å². The molecule has 0 unspecified atom stereocenters. The average Bonchev–Trinajstić information content (AvgIpc) is 3.14. The lowest BCUT2D eigenvalue weighted by molar-refractivity contribution is -0.136. The van der Waals surface area contributed by atoms with Crippen LogP contribution in [0.1, 0.15) is 35.1 Å². The molecule has 1 fully saturated rings. The zero-order chi connectivity index (χ0) is 19.4. The third kappa shape index (κ3) is 4.11. The molecule has 0 aliphatic carbocycles. The van der Waals surface area contributed by atoms with Gasteiger partial charge in [0.15, 0.2) is 0 Å². The number of hydrogen-bond donors (Lipinski definition) is 2. The van der Waals surface area contributed by atoms with Crippen LogP contribution in [0.4, 0.5) is 0 Å². The monoisotopic (exact) mass is 372 g/mol. The van der Waals surface area contributed by atoms with Crippen molar-refractivity contribution in [1.82, 2.24) is 14.9 Å². The highest BCUT2D eigenvalue weighted by Gasteiger charge is 2.27. The van der Waals surface area contributed by atoms with E-state index in [2.05, 4.69) is 9.97 Å². The number of aromatic nitrogens is 2. The zero-order valence-corrected chi connectivity index (χ0v) is 15.5. The van der Waals surface area contributed by atoms with Crippen molar-refractivity contribution in [3.8, 4) is 17.0 Å². The van der Waals surface area contributed by atoms with E-state index in [4.69, 9.17) is 15.2 Å². The molecule has 8 heteroatoms. The highest BCUT2D eigenvalue weighted by atomic mass is 16.5. The van der Waals surface area contributed by atoms with Crippen LogP contribution in [-0.4, -0.2) is 60.6 Å². The lowest BCUT2D eigenvalue weighted by atomic mass is 9.96. The predicted octanol–water partition coefficient (Wildman–Crippen LogP) is 1.54. The van der Waals surface area contributed by atoms with E-state index in [9.17, 15) is 9.59 Å². The van der Waals surface area contributed by atoms with Gasteiger partial charge in [0.05, 0.1) is 7.11 Å². The maximum Gasteiger partial charge on any atom is 0.267 e. The normalized spacial score (nSPS) is 15.0. The number of nitrogens with zero attached hydrogens (tertiary/aromatic N) is 2. The molecule has 0 radical (unpaired) electrons. The molecule has 2 amide bonds. The van der Waals surface area contributed by atoms with Crippen molar-refractivity contribution in [1.29, 1.82) is 0 Å². The second kappa shape index (κ2) is 8.22. The van der Waals surface area contributed by atoms with Crippen molar-refractivity contribution in [3.63, 3.8) is 0 Å². The third-order valence-electron chi connectivity index (χ3n) is 4.83. The van der Waals surface area contributed by atoms with E-state index in [0.29, 0.717) is 24.5 Å². The highest BCUT2D eigenvalue weighted by molar-refractivity contribution is 5.97. The number of H-pyrrole nitrogens is 1. The quantitative estimate of drug-likeness (QED) is 0.799. The molecule has 0 bridgehead atoms. The number of likely N-dealkylation sites (tertiary alicyclic amines) is 1. The Morgan fingerprint density at radius 2 is 1.89 bits per heavy atom. The van der Waals surface area contributed by atoms with E-state index < -0.39 is 5.91 Å². The molecule has 1 aliphatic heterocycles. The van der Waals surface area contributed by atoms with E-state index in [1.165, 1.54) is 7.11 Å². The number of methoxy groups -OCH3 is 2. The molecular weight excluding hydrogens is 348 g/mol. The van der Waals surface area contributed by atoms with E-state index >= 15 is 0 Å². The number of nitrogens with two attached hydrogens (primary N) is 1. The molecule has 8 nitrogen and oxygen atoms in total. The zero-order valence-electron chi connectivity index (χ0n) is 15.5. The van der Waals surface area contributed by atoms with Crippen molar-refractivity contribution in [2.45, 2.75) is 18.8 Å². The van der Waals surface area contributed by atoms with Crippen molar-refractivity contribution in [2.24, 2.45) is 5.73 Å². The van der Waals surface area contributed by atoms with Gasteiger partial charge in [0.2, 0.25) is 5.91 Å². The van der Waals surface area contributed by atoms with Crippen LogP contribution >= 0.6 is 0 Å². The summed E-state index contributed by atoms with van der Waals surface area (Å²) in [7, 11) is 3.11. The standard InChI is InChI=1S/C19H24N4O4/c1-26-11-15(24)23-9-7-13(8-10-23)19-21-16(17(22-19)18(20)25)12-3-5-14(27-2)6-4-12/h3-6,13H,7-11H2,1-2H3,(H2,20,25)(H,21,22). The van der Waals surface area contributed by atoms with Gasteiger partial charge in [-0.15, -0.1) is 0 Å². The third-order valence-corrected chi connectivity index (χ3v) is 4.83. The summed E-state index contributed by atoms with van der Waals surface area (Å²) in [6.45, 7) is 1.37. The van der Waals surface area contributed by atoms with Crippen LogP contribution in [0, 0.1) is 0 Å². The Morgan fingerprint density at radius 3 is 2.44 bits per heavy atom. The first-order chi connectivity index (χ1) is 13.0. The SMILES string of the molecule is COCC(=O)N1CCC(c2nc(-c3ccc(OC)cc3)c(C(N)=O)[nH]2)CC1. The Labute approximate surface area is 157 Å². The molecule has 2 heterocycles. The van der Waals surface area contributed by atoms with Gasteiger partial charge in [-0.25, -0.2) is 4.98 Å². The summed E-state index contributed by atoms with van der Waals surface area (Å²) < 4.78 is 10.1. The maximum atomic E-state index is 11.9. The number of amides is 2. The number of ether oxygens (including phenoxy) is 2. The van der Waals surface area contributed by atoms with E-state index in [-0.39, 0.29) is 18.4 Å². The van der Waals surface area contributed by atoms with Gasteiger partial charge >= 0.3 is 0 Å². The number of piperidine rings is 1. The van der Waals surface area contributed by atoms with Gasteiger partial charge in [-0.3, -0.25) is 9.59 Å². The first-order valence-corrected chi connectivity index (χ1v) is 8.84. The molecular formula is C19H24N4O4. The lowest BCUT2D eigenvalue weighted by Crippen LogP contribution is -2.39. The Hall–Kier alpha value is -2.87. The van der Waals surface area contributed by atoms with Crippen molar-refractivity contribution in [2.75, 3.05) is 33.9 Å². The Balaban J connectivity index is 1.79. The van der Waals surface area contributed by atoms with Crippen LogP contribution in [0.2, 0.25) is 0 Å². The highest BCUT2D eigenvalue weighted by Crippen LogP contribution is 2.30. The summed E-state index contributed by atoms with van der Waals surface area (Å²) in [6, 6.07) is 7.32. The molecule has 0 spiro atoms. The molecule has 1 saturated heterocycles. The number of imidazole rings is 1. The predicted molar refractivity (Wildman–Crippen MR) is 99.5 cm³/mol. The van der Waals surface area contributed by atoms with Gasteiger partial charge in [-0.1, -0.05) is 0 Å². The fraction of sp³-hybridized carbons (Fsp3) is 0.421. The first kappa shape index (κ1) is 18.9. The molecule has 144 valence electrons. The minimum absolute atomic E-state index is 0.00728. The molecule has 1 aliphatic rings. The minimum atomic E-state index is -0.549. The van der Waals surface area contributed by atoms with E-state index in [1.807, 2.05) is 24.3 Å². The fourth-order valence-corrected chi connectivity index (χ4v) is 3.34. The van der Waals surface area contributed by atoms with Crippen LogP contribution < -0.4 is 10.5 Å². The van der Waals surface area contributed by atoms with Crippen molar-refractivity contribution >= 4 is 11.8 Å². The molecule has 27 heavy (non-hydrogen) atoms. The largest absolute Gasteiger partial charge is 0.497 e. The number of rotatable bonds is 6. The van der Waals surface area contributed by atoms with Crippen LogP contribution in [0.3, 0.4) is 0 Å². The molecule has 3 rings (SSSR count). The summed E-state index contributed by atoms with van der Waals surface area (Å²) in [5.74, 6) is 1.04. The molecule has 0 atom stereocenters. The Morgan fingerprint density at radius 1 is 1.22 bits per heavy atom. The fourth-order valence-electron chi connectivity index (χ4n) is 3.34. The van der Waals surface area contributed by atoms with Gasteiger partial charge in [-0.05, 0) is 37.1 Å². The first-order valence-electron chi connectivity index (χ1n) is 8.84. The van der Waals surface area contributed by atoms with Crippen LogP contribution in [-0.2, 0) is 9.53 Å². The molecule has 1 aromatic carbocycles. The van der Waals surface area contributed by atoms with Crippen molar-refractivity contribution in [3.05, 3.63) is 35.8 Å². The van der Waals surface area contributed by atoms with Gasteiger partial charge < -0.3 is 25.1 Å². The summed E-state index contributed by atoms with van der Waals surface area (Å²) in [6.07, 6.45) is 1.53. The number of carbonyl (C=O) groups excluding carboxylic acids is 2. The molecule has 3 N–H and O–H groups in total. The topological polar surface area (TPSA) is 111 Å². The summed E-state index contributed by atoms with van der Waals surface area (Å²) in [4.78, 5) is 33.4. The van der Waals surface area contributed by atoms with Gasteiger partial charge in [0, 0.05) is 31.7 Å². The molecule has 0 saturated carbocycles. The van der Waals surface area contributed by atoms with Crippen molar-refractivity contribution < 1.29 is 19.1 Å². The average molecular weight is 372 g/mol. The Kier molecular flexibility index (Phi) is 5.75. The second-order valence-electron chi connectivity index (χ2n) is 6.53. The smallest absolute Gasteiger partial charge is 0.267 e. The van der Waals surface area contributed by atoms with Crippen LogP contribution in [0.5, 0.6) is 5.75 Å². The number of carbonyl (C=O) groups is 2. The summed E-state index contributed by atoms with van der Waals surface area (Å²) >= 11 is 0. The number of hydrogen-bond acceptors (Lipinski definition) is 5. The second-order valence-corrected chi connectivity index (χ2v) is 6.53. The number of nitrogens with one attached hydrogen (secondary N) is 1. The molecule has 2 aromatic rings. The maximum absolute atomic E-state index is 11.9. The molecule has 1 aromatic heterocycles. The number of primary amides is 1. The van der Waals surface area contributed by atoms with Gasteiger partial charge in [0.25, 0.3) is 5.91 Å².